The summed E-state index contributed by atoms with van der Waals surface area (Å²) in [4.78, 5) is 12.7. The Labute approximate surface area is 100 Å². The van der Waals surface area contributed by atoms with Crippen LogP contribution in [0, 0.1) is 0 Å². The Bertz CT molecular complexity index is 336. The Morgan fingerprint density at radius 1 is 1.50 bits per heavy atom. The number of nitrogens with one attached hydrogen (secondary N) is 1. The quantitative estimate of drug-likeness (QED) is 0.771. The van der Waals surface area contributed by atoms with Crippen molar-refractivity contribution in [1.82, 2.24) is 5.32 Å². The Morgan fingerprint density at radius 2 is 2.19 bits per heavy atom. The van der Waals surface area contributed by atoms with E-state index in [1.807, 2.05) is 12.1 Å². The Balaban J connectivity index is 2.37. The zero-order valence-electron chi connectivity index (χ0n) is 9.82. The highest BCUT2D eigenvalue weighted by Gasteiger charge is 2.05. The fourth-order valence-electron chi connectivity index (χ4n) is 1.57. The number of hydrogen-bond acceptors (Lipinski definition) is 3. The van der Waals surface area contributed by atoms with Crippen LogP contribution >= 0.6 is 11.3 Å². The average Bonchev–Trinajstić information content (AvgIpc) is 2.62. The van der Waals surface area contributed by atoms with Gasteiger partial charge in [0.2, 0.25) is 0 Å². The molecule has 3 nitrogen and oxygen atoms in total. The fourth-order valence-corrected chi connectivity index (χ4v) is 2.53. The molecule has 0 fully saturated rings. The van der Waals surface area contributed by atoms with E-state index < -0.39 is 5.97 Å². The Kier molecular flexibility index (Phi) is 5.49. The van der Waals surface area contributed by atoms with Gasteiger partial charge in [0.15, 0.2) is 0 Å². The van der Waals surface area contributed by atoms with Gasteiger partial charge in [-0.05, 0) is 25.5 Å². The summed E-state index contributed by atoms with van der Waals surface area (Å²) < 4.78 is 0. The number of thiophene rings is 1. The largest absolute Gasteiger partial charge is 0.481 e. The topological polar surface area (TPSA) is 49.3 Å². The van der Waals surface area contributed by atoms with Crippen LogP contribution in [0.5, 0.6) is 0 Å². The molecule has 1 aromatic rings. The summed E-state index contributed by atoms with van der Waals surface area (Å²) in [5.41, 5.74) is 0. The highest BCUT2D eigenvalue weighted by Crippen LogP contribution is 2.17. The second-order valence-corrected chi connectivity index (χ2v) is 5.26. The minimum absolute atomic E-state index is 0.134. The van der Waals surface area contributed by atoms with Crippen LogP contribution in [0.15, 0.2) is 12.1 Å². The third-order valence-electron chi connectivity index (χ3n) is 2.39. The van der Waals surface area contributed by atoms with Gasteiger partial charge < -0.3 is 10.4 Å². The molecule has 0 aliphatic carbocycles. The Morgan fingerprint density at radius 3 is 2.81 bits per heavy atom. The van der Waals surface area contributed by atoms with E-state index in [1.54, 1.807) is 11.3 Å². The first-order chi connectivity index (χ1) is 7.61. The number of carboxylic acid groups (broad SMARTS) is 1. The van der Waals surface area contributed by atoms with Crippen molar-refractivity contribution in [2.45, 2.75) is 45.7 Å². The first kappa shape index (κ1) is 13.2. The maximum atomic E-state index is 10.5. The van der Waals surface area contributed by atoms with Gasteiger partial charge in [0.25, 0.3) is 0 Å². The van der Waals surface area contributed by atoms with Gasteiger partial charge in [0.05, 0.1) is 6.42 Å². The van der Waals surface area contributed by atoms with Gasteiger partial charge in [-0.15, -0.1) is 11.3 Å². The highest BCUT2D eigenvalue weighted by atomic mass is 32.1. The SMILES string of the molecule is CCCC(C)NCc1ccc(CC(=O)O)s1. The van der Waals surface area contributed by atoms with Gasteiger partial charge >= 0.3 is 5.97 Å². The molecule has 1 atom stereocenters. The predicted octanol–water partition coefficient (Wildman–Crippen LogP) is 2.65. The Hall–Kier alpha value is -0.870. The van der Waals surface area contributed by atoms with Crippen molar-refractivity contribution in [2.24, 2.45) is 0 Å². The van der Waals surface area contributed by atoms with Crippen molar-refractivity contribution < 1.29 is 9.90 Å². The fraction of sp³-hybridized carbons (Fsp3) is 0.583. The zero-order chi connectivity index (χ0) is 12.0. The molecule has 0 spiro atoms. The number of carboxylic acids is 1. The third kappa shape index (κ3) is 4.77. The van der Waals surface area contributed by atoms with Gasteiger partial charge in [-0.2, -0.15) is 0 Å². The van der Waals surface area contributed by atoms with E-state index in [1.165, 1.54) is 17.7 Å². The molecule has 0 radical (unpaired) electrons. The van der Waals surface area contributed by atoms with Crippen molar-refractivity contribution in [1.29, 1.82) is 0 Å². The zero-order valence-corrected chi connectivity index (χ0v) is 10.6. The van der Waals surface area contributed by atoms with E-state index in [0.29, 0.717) is 6.04 Å². The maximum absolute atomic E-state index is 10.5. The van der Waals surface area contributed by atoms with E-state index >= 15 is 0 Å². The highest BCUT2D eigenvalue weighted by molar-refractivity contribution is 7.12. The molecule has 2 N–H and O–H groups in total. The van der Waals surface area contributed by atoms with E-state index in [9.17, 15) is 4.79 Å². The molecule has 1 heterocycles. The summed E-state index contributed by atoms with van der Waals surface area (Å²) in [7, 11) is 0. The van der Waals surface area contributed by atoms with Crippen LogP contribution in [0.25, 0.3) is 0 Å². The second-order valence-electron chi connectivity index (χ2n) is 4.01. The summed E-state index contributed by atoms with van der Waals surface area (Å²) in [6.45, 7) is 5.19. The van der Waals surface area contributed by atoms with Crippen LogP contribution in [0.4, 0.5) is 0 Å². The molecule has 0 aliphatic rings. The van der Waals surface area contributed by atoms with Crippen LogP contribution in [0.2, 0.25) is 0 Å². The minimum atomic E-state index is -0.763. The van der Waals surface area contributed by atoms with Crippen molar-refractivity contribution in [3.05, 3.63) is 21.9 Å². The summed E-state index contributed by atoms with van der Waals surface area (Å²) in [5.74, 6) is -0.763. The maximum Gasteiger partial charge on any atom is 0.308 e. The van der Waals surface area contributed by atoms with Crippen molar-refractivity contribution in [2.75, 3.05) is 0 Å². The molecule has 0 amide bonds. The lowest BCUT2D eigenvalue weighted by Gasteiger charge is -2.11. The normalized spacial score (nSPS) is 12.6. The first-order valence-electron chi connectivity index (χ1n) is 5.64. The first-order valence-corrected chi connectivity index (χ1v) is 6.46. The van der Waals surface area contributed by atoms with Crippen molar-refractivity contribution >= 4 is 17.3 Å². The molecule has 1 unspecified atom stereocenters. The van der Waals surface area contributed by atoms with Gasteiger partial charge in [-0.25, -0.2) is 0 Å². The summed E-state index contributed by atoms with van der Waals surface area (Å²) >= 11 is 1.58. The van der Waals surface area contributed by atoms with E-state index in [-0.39, 0.29) is 6.42 Å². The molecule has 4 heteroatoms. The lowest BCUT2D eigenvalue weighted by Crippen LogP contribution is -2.24. The minimum Gasteiger partial charge on any atom is -0.481 e. The van der Waals surface area contributed by atoms with E-state index in [0.717, 1.165) is 11.4 Å². The van der Waals surface area contributed by atoms with Gasteiger partial charge in [-0.1, -0.05) is 13.3 Å². The predicted molar refractivity (Wildman–Crippen MR) is 66.9 cm³/mol. The molecule has 0 bridgehead atoms. The molecule has 0 aliphatic heterocycles. The van der Waals surface area contributed by atoms with Crippen molar-refractivity contribution in [3.8, 4) is 0 Å². The second kappa shape index (κ2) is 6.66. The van der Waals surface area contributed by atoms with Gasteiger partial charge in [-0.3, -0.25) is 4.79 Å². The smallest absolute Gasteiger partial charge is 0.308 e. The van der Waals surface area contributed by atoms with Crippen LogP contribution < -0.4 is 5.32 Å². The van der Waals surface area contributed by atoms with E-state index in [2.05, 4.69) is 19.2 Å². The number of hydrogen-bond donors (Lipinski definition) is 2. The summed E-state index contributed by atoms with van der Waals surface area (Å²) in [6, 6.07) is 4.43. The molecule has 0 saturated carbocycles. The summed E-state index contributed by atoms with van der Waals surface area (Å²) in [6.07, 6.45) is 2.49. The molecule has 16 heavy (non-hydrogen) atoms. The van der Waals surface area contributed by atoms with Crippen LogP contribution in [-0.2, 0) is 17.8 Å². The monoisotopic (exact) mass is 241 g/mol. The molecule has 0 aromatic carbocycles. The molecule has 90 valence electrons. The molecular formula is C12H19NO2S. The molecule has 1 rings (SSSR count). The van der Waals surface area contributed by atoms with Crippen LogP contribution in [0.3, 0.4) is 0 Å². The van der Waals surface area contributed by atoms with Gasteiger partial charge in [0, 0.05) is 22.3 Å². The van der Waals surface area contributed by atoms with E-state index in [4.69, 9.17) is 5.11 Å². The van der Waals surface area contributed by atoms with Gasteiger partial charge in [0.1, 0.15) is 0 Å². The summed E-state index contributed by atoms with van der Waals surface area (Å²) in [5, 5.41) is 12.1. The third-order valence-corrected chi connectivity index (χ3v) is 3.47. The lowest BCUT2D eigenvalue weighted by atomic mass is 10.2. The average molecular weight is 241 g/mol. The standard InChI is InChI=1S/C12H19NO2S/c1-3-4-9(2)13-8-11-6-5-10(16-11)7-12(14)15/h5-6,9,13H,3-4,7-8H2,1-2H3,(H,14,15). The number of rotatable bonds is 7. The van der Waals surface area contributed by atoms with Crippen LogP contribution in [-0.4, -0.2) is 17.1 Å². The number of carbonyl (C=O) groups is 1. The number of aliphatic carboxylic acids is 1. The molecular weight excluding hydrogens is 222 g/mol. The van der Waals surface area contributed by atoms with Crippen molar-refractivity contribution in [3.63, 3.8) is 0 Å². The lowest BCUT2D eigenvalue weighted by molar-refractivity contribution is -0.136. The molecule has 1 aromatic heterocycles. The molecule has 0 saturated heterocycles. The van der Waals surface area contributed by atoms with Crippen LogP contribution in [0.1, 0.15) is 36.4 Å².